The van der Waals surface area contributed by atoms with E-state index in [0.29, 0.717) is 0 Å². The maximum Gasteiger partial charge on any atom is 0.0680 e. The van der Waals surface area contributed by atoms with Crippen molar-refractivity contribution in [3.05, 3.63) is 47.3 Å². The van der Waals surface area contributed by atoms with Crippen LogP contribution in [0.5, 0.6) is 0 Å². The molecule has 2 rings (SSSR count). The Bertz CT molecular complexity index is 529. The monoisotopic (exact) mass is 257 g/mol. The van der Waals surface area contributed by atoms with E-state index in [4.69, 9.17) is 0 Å². The minimum absolute atomic E-state index is 0.897. The van der Waals surface area contributed by atoms with Crippen LogP contribution in [0, 0.1) is 6.92 Å². The highest BCUT2D eigenvalue weighted by atomic mass is 15.3. The molecule has 0 radical (unpaired) electrons. The summed E-state index contributed by atoms with van der Waals surface area (Å²) in [6.45, 7) is 8.45. The van der Waals surface area contributed by atoms with Crippen LogP contribution >= 0.6 is 0 Å². The van der Waals surface area contributed by atoms with Crippen LogP contribution in [0.1, 0.15) is 37.1 Å². The third-order valence-electron chi connectivity index (χ3n) is 3.45. The predicted molar refractivity (Wildman–Crippen MR) is 79.7 cm³/mol. The molecular formula is C16H23N3. The average molecular weight is 257 g/mol. The van der Waals surface area contributed by atoms with Crippen molar-refractivity contribution in [3.8, 4) is 5.69 Å². The van der Waals surface area contributed by atoms with E-state index in [0.717, 1.165) is 25.9 Å². The Balaban J connectivity index is 2.26. The molecule has 0 aliphatic rings. The van der Waals surface area contributed by atoms with Gasteiger partial charge >= 0.3 is 0 Å². The first kappa shape index (κ1) is 13.8. The zero-order valence-electron chi connectivity index (χ0n) is 12.1. The van der Waals surface area contributed by atoms with Crippen molar-refractivity contribution in [1.82, 2.24) is 15.1 Å². The molecule has 2 aromatic rings. The molecule has 102 valence electrons. The van der Waals surface area contributed by atoms with E-state index in [-0.39, 0.29) is 0 Å². The van der Waals surface area contributed by atoms with Gasteiger partial charge in [0, 0.05) is 17.8 Å². The summed E-state index contributed by atoms with van der Waals surface area (Å²) in [5.41, 5.74) is 5.04. The molecule has 0 saturated carbocycles. The van der Waals surface area contributed by atoms with Crippen LogP contribution in [0.2, 0.25) is 0 Å². The van der Waals surface area contributed by atoms with Gasteiger partial charge in [0.1, 0.15) is 0 Å². The van der Waals surface area contributed by atoms with Crippen molar-refractivity contribution in [2.75, 3.05) is 6.54 Å². The molecule has 0 amide bonds. The van der Waals surface area contributed by atoms with Gasteiger partial charge in [-0.1, -0.05) is 32.0 Å². The molecule has 0 aliphatic heterocycles. The zero-order valence-corrected chi connectivity index (χ0v) is 12.1. The highest BCUT2D eigenvalue weighted by Crippen LogP contribution is 2.18. The van der Waals surface area contributed by atoms with Crippen LogP contribution < -0.4 is 5.32 Å². The highest BCUT2D eigenvalue weighted by molar-refractivity contribution is 5.42. The minimum Gasteiger partial charge on any atom is -0.313 e. The van der Waals surface area contributed by atoms with Crippen LogP contribution in [0.15, 0.2) is 30.5 Å². The lowest BCUT2D eigenvalue weighted by molar-refractivity contribution is 0.672. The van der Waals surface area contributed by atoms with Crippen molar-refractivity contribution in [2.24, 2.45) is 0 Å². The summed E-state index contributed by atoms with van der Waals surface area (Å²) in [6, 6.07) is 8.48. The smallest absolute Gasteiger partial charge is 0.0680 e. The molecule has 3 heteroatoms. The first-order valence-corrected chi connectivity index (χ1v) is 7.10. The lowest BCUT2D eigenvalue weighted by atomic mass is 10.1. The number of nitrogens with zero attached hydrogens (tertiary/aromatic N) is 2. The molecule has 19 heavy (non-hydrogen) atoms. The van der Waals surface area contributed by atoms with Crippen molar-refractivity contribution >= 4 is 0 Å². The first-order chi connectivity index (χ1) is 9.27. The molecule has 1 N–H and O–H groups in total. The van der Waals surface area contributed by atoms with Gasteiger partial charge in [-0.25, -0.2) is 4.68 Å². The van der Waals surface area contributed by atoms with E-state index in [1.807, 2.05) is 6.20 Å². The summed E-state index contributed by atoms with van der Waals surface area (Å²) >= 11 is 0. The van der Waals surface area contributed by atoms with E-state index >= 15 is 0 Å². The molecule has 0 bridgehead atoms. The fraction of sp³-hybridized carbons (Fsp3) is 0.438. The molecule has 3 nitrogen and oxygen atoms in total. The lowest BCUT2D eigenvalue weighted by Gasteiger charge is -2.10. The van der Waals surface area contributed by atoms with E-state index in [1.165, 1.54) is 22.5 Å². The number of benzene rings is 1. The molecule has 0 unspecified atom stereocenters. The van der Waals surface area contributed by atoms with Gasteiger partial charge in [0.25, 0.3) is 0 Å². The second kappa shape index (κ2) is 6.53. The highest BCUT2D eigenvalue weighted by Gasteiger charge is 2.09. The molecule has 0 spiro atoms. The number of rotatable bonds is 6. The Morgan fingerprint density at radius 3 is 2.68 bits per heavy atom. The normalized spacial score (nSPS) is 10.9. The maximum absolute atomic E-state index is 4.55. The number of hydrogen-bond acceptors (Lipinski definition) is 2. The fourth-order valence-electron chi connectivity index (χ4n) is 2.28. The number of aryl methyl sites for hydroxylation is 1. The van der Waals surface area contributed by atoms with Crippen LogP contribution in [0.25, 0.3) is 5.69 Å². The van der Waals surface area contributed by atoms with Crippen molar-refractivity contribution in [2.45, 2.75) is 40.2 Å². The van der Waals surface area contributed by atoms with Gasteiger partial charge in [-0.15, -0.1) is 0 Å². The van der Waals surface area contributed by atoms with E-state index in [1.54, 1.807) is 0 Å². The molecular weight excluding hydrogens is 234 g/mol. The standard InChI is InChI=1S/C16H23N3/c1-4-10-17-11-15-12-18-19(13(15)3)16-9-7-6-8-14(16)5-2/h6-9,12,17H,4-5,10-11H2,1-3H3. The Morgan fingerprint density at radius 2 is 1.95 bits per heavy atom. The number of nitrogens with one attached hydrogen (secondary N) is 1. The van der Waals surface area contributed by atoms with Crippen molar-refractivity contribution in [1.29, 1.82) is 0 Å². The van der Waals surface area contributed by atoms with E-state index in [9.17, 15) is 0 Å². The van der Waals surface area contributed by atoms with Gasteiger partial charge < -0.3 is 5.32 Å². The van der Waals surface area contributed by atoms with Crippen LogP contribution in [0.3, 0.4) is 0 Å². The fourth-order valence-corrected chi connectivity index (χ4v) is 2.28. The van der Waals surface area contributed by atoms with Crippen molar-refractivity contribution < 1.29 is 0 Å². The molecule has 0 aliphatic carbocycles. The second-order valence-electron chi connectivity index (χ2n) is 4.83. The zero-order chi connectivity index (χ0) is 13.7. The van der Waals surface area contributed by atoms with Gasteiger partial charge in [0.2, 0.25) is 0 Å². The molecule has 0 atom stereocenters. The summed E-state index contributed by atoms with van der Waals surface area (Å²) in [5.74, 6) is 0. The number of hydrogen-bond donors (Lipinski definition) is 1. The number of aromatic nitrogens is 2. The first-order valence-electron chi connectivity index (χ1n) is 7.10. The third-order valence-corrected chi connectivity index (χ3v) is 3.45. The van der Waals surface area contributed by atoms with Crippen LogP contribution in [0.4, 0.5) is 0 Å². The van der Waals surface area contributed by atoms with Crippen LogP contribution in [-0.2, 0) is 13.0 Å². The van der Waals surface area contributed by atoms with Crippen LogP contribution in [-0.4, -0.2) is 16.3 Å². The maximum atomic E-state index is 4.55. The van der Waals surface area contributed by atoms with Gasteiger partial charge in [0.15, 0.2) is 0 Å². The second-order valence-corrected chi connectivity index (χ2v) is 4.83. The predicted octanol–water partition coefficient (Wildman–Crippen LogP) is 3.24. The third kappa shape index (κ3) is 3.04. The lowest BCUT2D eigenvalue weighted by Crippen LogP contribution is -2.14. The summed E-state index contributed by atoms with van der Waals surface area (Å²) < 4.78 is 2.06. The average Bonchev–Trinajstić information content (AvgIpc) is 2.80. The number of para-hydroxylation sites is 1. The van der Waals surface area contributed by atoms with E-state index in [2.05, 4.69) is 60.1 Å². The Hall–Kier alpha value is -1.61. The topological polar surface area (TPSA) is 29.9 Å². The summed E-state index contributed by atoms with van der Waals surface area (Å²) in [4.78, 5) is 0. The Morgan fingerprint density at radius 1 is 1.16 bits per heavy atom. The van der Waals surface area contributed by atoms with Gasteiger partial charge in [-0.3, -0.25) is 0 Å². The summed E-state index contributed by atoms with van der Waals surface area (Å²) in [5, 5.41) is 7.98. The Labute approximate surface area is 115 Å². The van der Waals surface area contributed by atoms with Crippen molar-refractivity contribution in [3.63, 3.8) is 0 Å². The minimum atomic E-state index is 0.897. The van der Waals surface area contributed by atoms with Gasteiger partial charge in [0.05, 0.1) is 11.9 Å². The molecule has 0 saturated heterocycles. The largest absolute Gasteiger partial charge is 0.313 e. The van der Waals surface area contributed by atoms with E-state index < -0.39 is 0 Å². The molecule has 0 fully saturated rings. The Kier molecular flexibility index (Phi) is 4.74. The molecule has 1 heterocycles. The summed E-state index contributed by atoms with van der Waals surface area (Å²) in [6.07, 6.45) is 4.16. The SMILES string of the molecule is CCCNCc1cnn(-c2ccccc2CC)c1C. The summed E-state index contributed by atoms with van der Waals surface area (Å²) in [7, 11) is 0. The quantitative estimate of drug-likeness (QED) is 0.805. The molecule has 1 aromatic heterocycles. The van der Waals surface area contributed by atoms with Gasteiger partial charge in [-0.2, -0.15) is 5.10 Å². The van der Waals surface area contributed by atoms with Gasteiger partial charge in [-0.05, 0) is 37.9 Å². The molecule has 1 aromatic carbocycles.